The van der Waals surface area contributed by atoms with E-state index in [-0.39, 0.29) is 24.1 Å². The van der Waals surface area contributed by atoms with E-state index in [1.807, 2.05) is 4.57 Å². The van der Waals surface area contributed by atoms with Crippen LogP contribution in [0.15, 0.2) is 12.5 Å². The van der Waals surface area contributed by atoms with Gasteiger partial charge in [0.2, 0.25) is 0 Å². The third-order valence-corrected chi connectivity index (χ3v) is 3.01. The van der Waals surface area contributed by atoms with Crippen molar-refractivity contribution in [1.29, 1.82) is 0 Å². The number of imidazole rings is 1. The van der Waals surface area contributed by atoms with Crippen molar-refractivity contribution in [3.63, 3.8) is 0 Å². The molecular formula is C12H16N2O3. The summed E-state index contributed by atoms with van der Waals surface area (Å²) in [5, 5.41) is 0. The minimum atomic E-state index is -0.364. The summed E-state index contributed by atoms with van der Waals surface area (Å²) in [5.41, 5.74) is 0.601. The Kier molecular flexibility index (Phi) is 3.26. The van der Waals surface area contributed by atoms with Crippen molar-refractivity contribution in [1.82, 2.24) is 9.55 Å². The highest BCUT2D eigenvalue weighted by Crippen LogP contribution is 2.36. The fourth-order valence-electron chi connectivity index (χ4n) is 1.82. The Morgan fingerprint density at radius 2 is 2.29 bits per heavy atom. The van der Waals surface area contributed by atoms with E-state index in [1.165, 1.54) is 7.11 Å². The van der Waals surface area contributed by atoms with Crippen LogP contribution >= 0.6 is 0 Å². The first-order valence-corrected chi connectivity index (χ1v) is 5.76. The summed E-state index contributed by atoms with van der Waals surface area (Å²) in [6.45, 7) is 1.74. The monoisotopic (exact) mass is 236 g/mol. The highest BCUT2D eigenvalue weighted by atomic mass is 16.5. The second-order valence-electron chi connectivity index (χ2n) is 4.46. The van der Waals surface area contributed by atoms with E-state index in [0.717, 1.165) is 12.8 Å². The molecule has 5 heteroatoms. The molecular weight excluding hydrogens is 220 g/mol. The molecule has 92 valence electrons. The first-order valence-electron chi connectivity index (χ1n) is 5.76. The number of ether oxygens (including phenoxy) is 1. The summed E-state index contributed by atoms with van der Waals surface area (Å²) in [7, 11) is 1.33. The Labute approximate surface area is 99.8 Å². The lowest BCUT2D eigenvalue weighted by Gasteiger charge is -2.10. The molecule has 0 aliphatic heterocycles. The molecule has 2 rings (SSSR count). The van der Waals surface area contributed by atoms with Gasteiger partial charge in [0, 0.05) is 12.0 Å². The lowest BCUT2D eigenvalue weighted by atomic mass is 10.0. The van der Waals surface area contributed by atoms with Gasteiger partial charge >= 0.3 is 5.97 Å². The number of methoxy groups -OCH3 is 1. The second kappa shape index (κ2) is 4.69. The first-order chi connectivity index (χ1) is 8.13. The average molecular weight is 236 g/mol. The van der Waals surface area contributed by atoms with Gasteiger partial charge in [0.15, 0.2) is 5.78 Å². The van der Waals surface area contributed by atoms with Gasteiger partial charge < -0.3 is 9.30 Å². The van der Waals surface area contributed by atoms with Gasteiger partial charge in [-0.05, 0) is 12.8 Å². The van der Waals surface area contributed by atoms with Crippen molar-refractivity contribution in [2.75, 3.05) is 7.11 Å². The van der Waals surface area contributed by atoms with E-state index < -0.39 is 0 Å². The first kappa shape index (κ1) is 11.8. The lowest BCUT2D eigenvalue weighted by Crippen LogP contribution is -2.19. The molecule has 0 spiro atoms. The molecule has 0 amide bonds. The SMILES string of the molecule is COC(=O)CC(C)C(=O)c1cncn1C1CC1. The van der Waals surface area contributed by atoms with Gasteiger partial charge in [-0.1, -0.05) is 6.92 Å². The van der Waals surface area contributed by atoms with Crippen molar-refractivity contribution in [3.05, 3.63) is 18.2 Å². The number of rotatable bonds is 5. The van der Waals surface area contributed by atoms with Crippen LogP contribution in [0.3, 0.4) is 0 Å². The number of aromatic nitrogens is 2. The average Bonchev–Trinajstić information content (AvgIpc) is 3.05. The normalized spacial score (nSPS) is 16.6. The second-order valence-corrected chi connectivity index (χ2v) is 4.46. The number of carbonyl (C=O) groups is 2. The van der Waals surface area contributed by atoms with Gasteiger partial charge in [-0.15, -0.1) is 0 Å². The Bertz CT molecular complexity index is 435. The molecule has 17 heavy (non-hydrogen) atoms. The van der Waals surface area contributed by atoms with Crippen molar-refractivity contribution in [2.24, 2.45) is 5.92 Å². The predicted octanol–water partition coefficient (Wildman–Crippen LogP) is 1.60. The lowest BCUT2D eigenvalue weighted by molar-refractivity contribution is -0.141. The number of carbonyl (C=O) groups excluding carboxylic acids is 2. The Morgan fingerprint density at radius 3 is 2.88 bits per heavy atom. The number of ketones is 1. The minimum absolute atomic E-state index is 0.0419. The maximum absolute atomic E-state index is 12.1. The maximum Gasteiger partial charge on any atom is 0.306 e. The molecule has 0 N–H and O–H groups in total. The molecule has 1 aliphatic rings. The van der Waals surface area contributed by atoms with Gasteiger partial charge in [-0.2, -0.15) is 0 Å². The molecule has 1 saturated carbocycles. The molecule has 1 unspecified atom stereocenters. The third kappa shape index (κ3) is 2.54. The zero-order valence-electron chi connectivity index (χ0n) is 10.0. The molecule has 0 bridgehead atoms. The minimum Gasteiger partial charge on any atom is -0.469 e. The number of Topliss-reactive ketones (excluding diaryl/α,β-unsaturated/α-hetero) is 1. The topological polar surface area (TPSA) is 61.2 Å². The van der Waals surface area contributed by atoms with Crippen LogP contribution < -0.4 is 0 Å². The van der Waals surface area contributed by atoms with Crippen LogP contribution in [0.4, 0.5) is 0 Å². The highest BCUT2D eigenvalue weighted by Gasteiger charge is 2.29. The van der Waals surface area contributed by atoms with Gasteiger partial charge in [-0.3, -0.25) is 9.59 Å². The fourth-order valence-corrected chi connectivity index (χ4v) is 1.82. The van der Waals surface area contributed by atoms with Crippen LogP contribution in [0.2, 0.25) is 0 Å². The molecule has 1 atom stereocenters. The van der Waals surface area contributed by atoms with Crippen molar-refractivity contribution >= 4 is 11.8 Å². The Hall–Kier alpha value is -1.65. The Morgan fingerprint density at radius 1 is 1.59 bits per heavy atom. The van der Waals surface area contributed by atoms with Crippen molar-refractivity contribution in [2.45, 2.75) is 32.2 Å². The summed E-state index contributed by atoms with van der Waals surface area (Å²) < 4.78 is 6.48. The predicted molar refractivity (Wildman–Crippen MR) is 60.6 cm³/mol. The van der Waals surface area contributed by atoms with Gasteiger partial charge in [-0.25, -0.2) is 4.98 Å². The molecule has 1 heterocycles. The summed E-state index contributed by atoms with van der Waals surface area (Å²) in [6.07, 6.45) is 5.58. The van der Waals surface area contributed by atoms with Crippen molar-refractivity contribution in [3.8, 4) is 0 Å². The standard InChI is InChI=1S/C12H16N2O3/c1-8(5-11(15)17-2)12(16)10-6-13-7-14(10)9-3-4-9/h6-9H,3-5H2,1-2H3. The van der Waals surface area contributed by atoms with Crippen LogP contribution in [0.25, 0.3) is 0 Å². The van der Waals surface area contributed by atoms with E-state index in [9.17, 15) is 9.59 Å². The third-order valence-electron chi connectivity index (χ3n) is 3.01. The zero-order valence-corrected chi connectivity index (χ0v) is 10.0. The maximum atomic E-state index is 12.1. The molecule has 1 aromatic rings. The van der Waals surface area contributed by atoms with Crippen LogP contribution in [0.1, 0.15) is 42.7 Å². The smallest absolute Gasteiger partial charge is 0.306 e. The molecule has 0 aromatic carbocycles. The van der Waals surface area contributed by atoms with Gasteiger partial charge in [0.1, 0.15) is 5.69 Å². The summed E-state index contributed by atoms with van der Waals surface area (Å²) in [5.74, 6) is -0.764. The summed E-state index contributed by atoms with van der Waals surface area (Å²) in [4.78, 5) is 27.3. The van der Waals surface area contributed by atoms with Gasteiger partial charge in [0.05, 0.1) is 26.1 Å². The van der Waals surface area contributed by atoms with E-state index in [0.29, 0.717) is 11.7 Å². The largest absolute Gasteiger partial charge is 0.469 e. The quantitative estimate of drug-likeness (QED) is 0.575. The molecule has 1 fully saturated rings. The highest BCUT2D eigenvalue weighted by molar-refractivity contribution is 5.97. The van der Waals surface area contributed by atoms with Crippen molar-refractivity contribution < 1.29 is 14.3 Å². The number of hydrogen-bond donors (Lipinski definition) is 0. The van der Waals surface area contributed by atoms with Crippen LogP contribution in [-0.4, -0.2) is 28.4 Å². The van der Waals surface area contributed by atoms with E-state index in [4.69, 9.17) is 0 Å². The number of nitrogens with zero attached hydrogens (tertiary/aromatic N) is 2. The molecule has 0 saturated heterocycles. The summed E-state index contributed by atoms with van der Waals surface area (Å²) >= 11 is 0. The van der Waals surface area contributed by atoms with Gasteiger partial charge in [0.25, 0.3) is 0 Å². The van der Waals surface area contributed by atoms with Crippen LogP contribution in [-0.2, 0) is 9.53 Å². The fraction of sp³-hybridized carbons (Fsp3) is 0.583. The van der Waals surface area contributed by atoms with E-state index in [1.54, 1.807) is 19.4 Å². The zero-order chi connectivity index (χ0) is 12.4. The number of hydrogen-bond acceptors (Lipinski definition) is 4. The molecule has 1 aromatic heterocycles. The molecule has 0 radical (unpaired) electrons. The van der Waals surface area contributed by atoms with Crippen LogP contribution in [0.5, 0.6) is 0 Å². The Balaban J connectivity index is 2.07. The molecule has 1 aliphatic carbocycles. The van der Waals surface area contributed by atoms with Crippen LogP contribution in [0, 0.1) is 5.92 Å². The van der Waals surface area contributed by atoms with E-state index >= 15 is 0 Å². The van der Waals surface area contributed by atoms with E-state index in [2.05, 4.69) is 9.72 Å². The summed E-state index contributed by atoms with van der Waals surface area (Å²) in [6, 6.07) is 0.418. The molecule has 5 nitrogen and oxygen atoms in total. The number of esters is 1.